The number of nitrogens with one attached hydrogen (secondary N) is 2. The Morgan fingerprint density at radius 2 is 2.44 bits per heavy atom. The quantitative estimate of drug-likeness (QED) is 0.781. The van der Waals surface area contributed by atoms with E-state index < -0.39 is 10.0 Å². The monoisotopic (exact) mass is 272 g/mol. The Morgan fingerprint density at radius 3 is 3.06 bits per heavy atom. The summed E-state index contributed by atoms with van der Waals surface area (Å²) in [4.78, 5) is 0. The van der Waals surface area contributed by atoms with Gasteiger partial charge in [-0.25, -0.2) is 13.1 Å². The number of piperidine rings is 1. The minimum atomic E-state index is -3.21. The van der Waals surface area contributed by atoms with E-state index in [1.165, 1.54) is 0 Å². The molecule has 0 aromatic carbocycles. The minimum Gasteiger partial charge on any atom is -0.316 e. The van der Waals surface area contributed by atoms with Crippen molar-refractivity contribution in [2.75, 3.05) is 18.8 Å². The summed E-state index contributed by atoms with van der Waals surface area (Å²) in [6.07, 6.45) is 3.70. The first-order valence-electron chi connectivity index (χ1n) is 6.22. The summed E-state index contributed by atoms with van der Waals surface area (Å²) in [5, 5.41) is 7.23. The van der Waals surface area contributed by atoms with E-state index in [1.54, 1.807) is 17.9 Å². The standard InChI is InChI=1S/C11H20N4O2S/c1-15-11(4-6-13-15)8-14-18(16,17)9-10-3-2-5-12-7-10/h4,6,10,12,14H,2-3,5,7-9H2,1H3. The van der Waals surface area contributed by atoms with Gasteiger partial charge >= 0.3 is 0 Å². The third-order valence-electron chi connectivity index (χ3n) is 3.25. The molecule has 0 bridgehead atoms. The van der Waals surface area contributed by atoms with Gasteiger partial charge in [0.05, 0.1) is 18.0 Å². The molecule has 0 aliphatic carbocycles. The lowest BCUT2D eigenvalue weighted by Gasteiger charge is -2.22. The number of nitrogens with zero attached hydrogens (tertiary/aromatic N) is 2. The van der Waals surface area contributed by atoms with Crippen LogP contribution >= 0.6 is 0 Å². The summed E-state index contributed by atoms with van der Waals surface area (Å²) in [6, 6.07) is 1.81. The molecule has 0 saturated carbocycles. The van der Waals surface area contributed by atoms with Gasteiger partial charge in [-0.3, -0.25) is 4.68 Å². The van der Waals surface area contributed by atoms with Crippen LogP contribution in [0.5, 0.6) is 0 Å². The summed E-state index contributed by atoms with van der Waals surface area (Å²) in [5.41, 5.74) is 0.861. The second-order valence-corrected chi connectivity index (χ2v) is 6.61. The van der Waals surface area contributed by atoms with Crippen molar-refractivity contribution < 1.29 is 8.42 Å². The first-order chi connectivity index (χ1) is 8.57. The number of aromatic nitrogens is 2. The van der Waals surface area contributed by atoms with E-state index in [-0.39, 0.29) is 11.7 Å². The van der Waals surface area contributed by atoms with Gasteiger partial charge in [0, 0.05) is 13.2 Å². The van der Waals surface area contributed by atoms with Crippen molar-refractivity contribution in [2.45, 2.75) is 19.4 Å². The van der Waals surface area contributed by atoms with Crippen LogP contribution in [0.2, 0.25) is 0 Å². The molecule has 2 rings (SSSR count). The molecule has 7 heteroatoms. The first kappa shape index (κ1) is 13.5. The molecule has 1 aliphatic heterocycles. The molecule has 2 heterocycles. The molecule has 1 fully saturated rings. The largest absolute Gasteiger partial charge is 0.316 e. The third-order valence-corrected chi connectivity index (χ3v) is 4.74. The molecule has 1 unspecified atom stereocenters. The number of aryl methyl sites for hydroxylation is 1. The Bertz CT molecular complexity index is 477. The maximum Gasteiger partial charge on any atom is 0.212 e. The van der Waals surface area contributed by atoms with Crippen molar-refractivity contribution in [3.63, 3.8) is 0 Å². The molecule has 0 radical (unpaired) electrons. The Kier molecular flexibility index (Phi) is 4.36. The van der Waals surface area contributed by atoms with Gasteiger partial charge in [0.15, 0.2) is 0 Å². The fourth-order valence-electron chi connectivity index (χ4n) is 2.19. The van der Waals surface area contributed by atoms with Gasteiger partial charge in [-0.2, -0.15) is 5.10 Å². The molecule has 6 nitrogen and oxygen atoms in total. The van der Waals surface area contributed by atoms with Crippen LogP contribution in [-0.2, 0) is 23.6 Å². The summed E-state index contributed by atoms with van der Waals surface area (Å²) in [6.45, 7) is 2.10. The zero-order chi connectivity index (χ0) is 13.0. The maximum absolute atomic E-state index is 11.9. The van der Waals surface area contributed by atoms with Gasteiger partial charge in [-0.05, 0) is 37.9 Å². The predicted molar refractivity (Wildman–Crippen MR) is 69.4 cm³/mol. The maximum atomic E-state index is 11.9. The van der Waals surface area contributed by atoms with E-state index in [1.807, 2.05) is 6.07 Å². The lowest BCUT2D eigenvalue weighted by molar-refractivity contribution is 0.402. The Hall–Kier alpha value is -0.920. The topological polar surface area (TPSA) is 76.0 Å². The van der Waals surface area contributed by atoms with Crippen LogP contribution in [0.4, 0.5) is 0 Å². The van der Waals surface area contributed by atoms with E-state index in [0.29, 0.717) is 6.54 Å². The van der Waals surface area contributed by atoms with Gasteiger partial charge in [0.1, 0.15) is 0 Å². The average Bonchev–Trinajstić information content (AvgIpc) is 2.73. The summed E-state index contributed by atoms with van der Waals surface area (Å²) in [7, 11) is -1.40. The third kappa shape index (κ3) is 3.79. The highest BCUT2D eigenvalue weighted by Gasteiger charge is 2.21. The molecule has 1 aromatic heterocycles. The van der Waals surface area contributed by atoms with Crippen molar-refractivity contribution in [1.29, 1.82) is 0 Å². The van der Waals surface area contributed by atoms with Crippen LogP contribution in [0.3, 0.4) is 0 Å². The van der Waals surface area contributed by atoms with E-state index in [4.69, 9.17) is 0 Å². The zero-order valence-corrected chi connectivity index (χ0v) is 11.4. The molecular formula is C11H20N4O2S. The molecule has 18 heavy (non-hydrogen) atoms. The van der Waals surface area contributed by atoms with Crippen molar-refractivity contribution in [1.82, 2.24) is 19.8 Å². The van der Waals surface area contributed by atoms with Crippen molar-refractivity contribution >= 4 is 10.0 Å². The van der Waals surface area contributed by atoms with Gasteiger partial charge < -0.3 is 5.32 Å². The highest BCUT2D eigenvalue weighted by Crippen LogP contribution is 2.12. The van der Waals surface area contributed by atoms with Gasteiger partial charge in [0.25, 0.3) is 0 Å². The van der Waals surface area contributed by atoms with E-state index in [9.17, 15) is 8.42 Å². The zero-order valence-electron chi connectivity index (χ0n) is 10.6. The van der Waals surface area contributed by atoms with Crippen LogP contribution in [0.25, 0.3) is 0 Å². The SMILES string of the molecule is Cn1nccc1CNS(=O)(=O)CC1CCCNC1. The number of hydrogen-bond acceptors (Lipinski definition) is 4. The molecule has 0 spiro atoms. The molecular weight excluding hydrogens is 252 g/mol. The Labute approximate surface area is 108 Å². The molecule has 1 aliphatic rings. The highest BCUT2D eigenvalue weighted by molar-refractivity contribution is 7.89. The molecule has 0 amide bonds. The van der Waals surface area contributed by atoms with Crippen LogP contribution < -0.4 is 10.0 Å². The summed E-state index contributed by atoms with van der Waals surface area (Å²) < 4.78 is 28.2. The van der Waals surface area contributed by atoms with E-state index in [0.717, 1.165) is 31.6 Å². The smallest absolute Gasteiger partial charge is 0.212 e. The van der Waals surface area contributed by atoms with Gasteiger partial charge in [0.2, 0.25) is 10.0 Å². The Morgan fingerprint density at radius 1 is 1.61 bits per heavy atom. The average molecular weight is 272 g/mol. The minimum absolute atomic E-state index is 0.206. The van der Waals surface area contributed by atoms with Gasteiger partial charge in [-0.15, -0.1) is 0 Å². The predicted octanol–water partition coefficient (Wildman–Crippen LogP) is -0.161. The van der Waals surface area contributed by atoms with Crippen molar-refractivity contribution in [3.8, 4) is 0 Å². The highest BCUT2D eigenvalue weighted by atomic mass is 32.2. The second kappa shape index (κ2) is 5.81. The van der Waals surface area contributed by atoms with Crippen molar-refractivity contribution in [2.24, 2.45) is 13.0 Å². The fourth-order valence-corrected chi connectivity index (χ4v) is 3.58. The van der Waals surface area contributed by atoms with Crippen LogP contribution in [-0.4, -0.2) is 37.0 Å². The number of sulfonamides is 1. The van der Waals surface area contributed by atoms with Crippen molar-refractivity contribution in [3.05, 3.63) is 18.0 Å². The van der Waals surface area contributed by atoms with Crippen LogP contribution in [0.1, 0.15) is 18.5 Å². The molecule has 1 atom stereocenters. The first-order valence-corrected chi connectivity index (χ1v) is 7.87. The van der Waals surface area contributed by atoms with Crippen LogP contribution in [0.15, 0.2) is 12.3 Å². The molecule has 1 aromatic rings. The number of hydrogen-bond donors (Lipinski definition) is 2. The molecule has 102 valence electrons. The lowest BCUT2D eigenvalue weighted by Crippen LogP contribution is -2.37. The number of rotatable bonds is 5. The van der Waals surface area contributed by atoms with Crippen LogP contribution in [0, 0.1) is 5.92 Å². The summed E-state index contributed by atoms with van der Waals surface area (Å²) >= 11 is 0. The fraction of sp³-hybridized carbons (Fsp3) is 0.727. The normalized spacial score (nSPS) is 21.1. The van der Waals surface area contributed by atoms with E-state index >= 15 is 0 Å². The Balaban J connectivity index is 1.85. The molecule has 1 saturated heterocycles. The second-order valence-electron chi connectivity index (χ2n) is 4.76. The molecule has 2 N–H and O–H groups in total. The lowest BCUT2D eigenvalue weighted by atomic mass is 10.0. The van der Waals surface area contributed by atoms with E-state index in [2.05, 4.69) is 15.1 Å². The summed E-state index contributed by atoms with van der Waals surface area (Å²) in [5.74, 6) is 0.431. The van der Waals surface area contributed by atoms with Gasteiger partial charge in [-0.1, -0.05) is 0 Å².